The van der Waals surface area contributed by atoms with Gasteiger partial charge in [-0.3, -0.25) is 14.4 Å². The first-order valence-corrected chi connectivity index (χ1v) is 13.4. The van der Waals surface area contributed by atoms with E-state index in [0.717, 1.165) is 10.8 Å². The molecule has 10 nitrogen and oxygen atoms in total. The zero-order valence-electron chi connectivity index (χ0n) is 24.0. The van der Waals surface area contributed by atoms with E-state index in [1.54, 1.807) is 52.8 Å². The van der Waals surface area contributed by atoms with Gasteiger partial charge in [-0.05, 0) is 81.6 Å². The van der Waals surface area contributed by atoms with E-state index in [9.17, 15) is 24.3 Å². The highest BCUT2D eigenvalue weighted by Gasteiger charge is 2.38. The van der Waals surface area contributed by atoms with Crippen molar-refractivity contribution in [1.82, 2.24) is 10.2 Å². The minimum atomic E-state index is -1.21. The predicted octanol–water partition coefficient (Wildman–Crippen LogP) is 4.62. The van der Waals surface area contributed by atoms with Crippen molar-refractivity contribution in [3.8, 4) is 5.75 Å². The van der Waals surface area contributed by atoms with Gasteiger partial charge in [0.2, 0.25) is 11.8 Å². The fraction of sp³-hybridized carbons (Fsp3) is 0.355. The second-order valence-electron chi connectivity index (χ2n) is 11.1. The number of carbonyl (C=O) groups is 4. The second-order valence-corrected chi connectivity index (χ2v) is 11.1. The van der Waals surface area contributed by atoms with Gasteiger partial charge in [0.15, 0.2) is 0 Å². The molecular formula is C31H38N4O6. The molecule has 0 aliphatic rings. The number of alkyl carbamates (subject to hydrolysis) is 1. The standard InChI is InChI=1S/C31H38N4O6/c1-19(2)35(29(39)25(15-16-26(32)37)34-30(40)41-31(3,4)5)27(22-11-8-12-24(36)18-22)28(38)33-23-14-13-20-9-6-7-10-21(20)17-23/h6-14,17-19,25,27,36H,15-16H2,1-5H3,(H2,32,37)(H,33,38)(H,34,40). The molecule has 4 amide bonds. The number of phenolic OH excluding ortho intramolecular Hbond substituents is 1. The van der Waals surface area contributed by atoms with Gasteiger partial charge in [0.1, 0.15) is 23.4 Å². The number of nitrogens with two attached hydrogens (primary N) is 1. The number of nitrogens with one attached hydrogen (secondary N) is 2. The summed E-state index contributed by atoms with van der Waals surface area (Å²) in [7, 11) is 0. The summed E-state index contributed by atoms with van der Waals surface area (Å²) in [6.45, 7) is 8.51. The molecule has 0 radical (unpaired) electrons. The van der Waals surface area contributed by atoms with E-state index in [2.05, 4.69) is 10.6 Å². The Kier molecular flexibility index (Phi) is 9.94. The molecule has 3 aromatic carbocycles. The monoisotopic (exact) mass is 562 g/mol. The Morgan fingerprint density at radius 2 is 1.63 bits per heavy atom. The van der Waals surface area contributed by atoms with Crippen molar-refractivity contribution in [2.24, 2.45) is 5.73 Å². The SMILES string of the molecule is CC(C)N(C(=O)C(CCC(N)=O)NC(=O)OC(C)(C)C)C(C(=O)Nc1ccc2ccccc2c1)c1cccc(O)c1. The van der Waals surface area contributed by atoms with E-state index in [0.29, 0.717) is 11.3 Å². The highest BCUT2D eigenvalue weighted by atomic mass is 16.6. The molecular weight excluding hydrogens is 524 g/mol. The Balaban J connectivity index is 2.02. The molecule has 0 saturated carbocycles. The van der Waals surface area contributed by atoms with Crippen molar-refractivity contribution >= 4 is 40.3 Å². The average molecular weight is 563 g/mol. The number of aromatic hydroxyl groups is 1. The van der Waals surface area contributed by atoms with Gasteiger partial charge in [0.05, 0.1) is 0 Å². The molecule has 2 unspecified atom stereocenters. The van der Waals surface area contributed by atoms with Crippen LogP contribution in [0.3, 0.4) is 0 Å². The molecule has 0 fully saturated rings. The van der Waals surface area contributed by atoms with Gasteiger partial charge in [0.25, 0.3) is 5.91 Å². The maximum atomic E-state index is 14.1. The van der Waals surface area contributed by atoms with Crippen LogP contribution in [0.2, 0.25) is 0 Å². The largest absolute Gasteiger partial charge is 0.508 e. The molecule has 0 bridgehead atoms. The second kappa shape index (κ2) is 13.2. The lowest BCUT2D eigenvalue weighted by molar-refractivity contribution is -0.143. The number of fused-ring (bicyclic) bond motifs is 1. The third kappa shape index (κ3) is 8.69. The fourth-order valence-corrected chi connectivity index (χ4v) is 4.46. The van der Waals surface area contributed by atoms with Crippen LogP contribution in [0.15, 0.2) is 66.7 Å². The van der Waals surface area contributed by atoms with Crippen LogP contribution in [0.1, 0.15) is 59.1 Å². The molecule has 3 rings (SSSR count). The molecule has 218 valence electrons. The summed E-state index contributed by atoms with van der Waals surface area (Å²) in [6, 6.07) is 16.3. The Morgan fingerprint density at radius 3 is 2.24 bits per heavy atom. The molecule has 0 heterocycles. The van der Waals surface area contributed by atoms with E-state index in [1.165, 1.54) is 17.0 Å². The first kappa shape index (κ1) is 30.9. The number of ether oxygens (including phenoxy) is 1. The van der Waals surface area contributed by atoms with Gasteiger partial charge in [-0.25, -0.2) is 4.79 Å². The van der Waals surface area contributed by atoms with Crippen LogP contribution in [0.25, 0.3) is 10.8 Å². The highest BCUT2D eigenvalue weighted by molar-refractivity contribution is 6.00. The predicted molar refractivity (Wildman–Crippen MR) is 157 cm³/mol. The first-order valence-electron chi connectivity index (χ1n) is 13.4. The van der Waals surface area contributed by atoms with E-state index < -0.39 is 47.5 Å². The number of rotatable bonds is 10. The number of primary amides is 1. The van der Waals surface area contributed by atoms with Crippen LogP contribution in [0, 0.1) is 0 Å². The molecule has 0 aliphatic heterocycles. The smallest absolute Gasteiger partial charge is 0.408 e. The normalized spacial score (nSPS) is 12.8. The van der Waals surface area contributed by atoms with Crippen molar-refractivity contribution in [3.63, 3.8) is 0 Å². The van der Waals surface area contributed by atoms with Gasteiger partial charge >= 0.3 is 6.09 Å². The van der Waals surface area contributed by atoms with Gasteiger partial charge in [-0.2, -0.15) is 0 Å². The Bertz CT molecular complexity index is 1410. The number of phenols is 1. The summed E-state index contributed by atoms with van der Waals surface area (Å²) in [5, 5.41) is 17.6. The molecule has 0 aromatic heterocycles. The number of amides is 4. The summed E-state index contributed by atoms with van der Waals surface area (Å²) in [4.78, 5) is 53.6. The zero-order valence-corrected chi connectivity index (χ0v) is 24.0. The molecule has 0 spiro atoms. The van der Waals surface area contributed by atoms with Crippen LogP contribution >= 0.6 is 0 Å². The van der Waals surface area contributed by atoms with Gasteiger partial charge in [0, 0.05) is 18.2 Å². The van der Waals surface area contributed by atoms with Gasteiger partial charge < -0.3 is 31.1 Å². The highest BCUT2D eigenvalue weighted by Crippen LogP contribution is 2.29. The molecule has 2 atom stereocenters. The minimum Gasteiger partial charge on any atom is -0.508 e. The molecule has 10 heteroatoms. The van der Waals surface area contributed by atoms with E-state index in [4.69, 9.17) is 10.5 Å². The summed E-state index contributed by atoms with van der Waals surface area (Å²) in [5.74, 6) is -1.88. The van der Waals surface area contributed by atoms with Crippen LogP contribution in [-0.4, -0.2) is 51.5 Å². The maximum absolute atomic E-state index is 14.1. The molecule has 0 saturated heterocycles. The number of hydrogen-bond acceptors (Lipinski definition) is 6. The van der Waals surface area contributed by atoms with Crippen molar-refractivity contribution in [3.05, 3.63) is 72.3 Å². The van der Waals surface area contributed by atoms with Gasteiger partial charge in [-0.1, -0.05) is 42.5 Å². The molecule has 5 N–H and O–H groups in total. The quantitative estimate of drug-likeness (QED) is 0.283. The van der Waals surface area contributed by atoms with Gasteiger partial charge in [-0.15, -0.1) is 0 Å². The molecule has 3 aromatic rings. The van der Waals surface area contributed by atoms with Crippen LogP contribution in [0.5, 0.6) is 5.75 Å². The summed E-state index contributed by atoms with van der Waals surface area (Å²) >= 11 is 0. The lowest BCUT2D eigenvalue weighted by Crippen LogP contribution is -2.54. The first-order chi connectivity index (χ1) is 19.2. The van der Waals surface area contributed by atoms with Crippen molar-refractivity contribution in [2.45, 2.75) is 71.2 Å². The number of benzene rings is 3. The Labute approximate surface area is 239 Å². The summed E-state index contributed by atoms with van der Waals surface area (Å²) in [6.07, 6.45) is -1.13. The van der Waals surface area contributed by atoms with Crippen LogP contribution < -0.4 is 16.4 Å². The summed E-state index contributed by atoms with van der Waals surface area (Å²) in [5.41, 5.74) is 5.40. The topological polar surface area (TPSA) is 151 Å². The van der Waals surface area contributed by atoms with Crippen molar-refractivity contribution in [1.29, 1.82) is 0 Å². The summed E-state index contributed by atoms with van der Waals surface area (Å²) < 4.78 is 5.34. The fourth-order valence-electron chi connectivity index (χ4n) is 4.46. The van der Waals surface area contributed by atoms with E-state index >= 15 is 0 Å². The average Bonchev–Trinajstić information content (AvgIpc) is 2.87. The number of carbonyl (C=O) groups excluding carboxylic acids is 4. The van der Waals surface area contributed by atoms with E-state index in [-0.39, 0.29) is 18.6 Å². The zero-order chi connectivity index (χ0) is 30.3. The molecule has 41 heavy (non-hydrogen) atoms. The van der Waals surface area contributed by atoms with Crippen LogP contribution in [-0.2, 0) is 19.1 Å². The molecule has 0 aliphatic carbocycles. The maximum Gasteiger partial charge on any atom is 0.408 e. The van der Waals surface area contributed by atoms with Crippen molar-refractivity contribution in [2.75, 3.05) is 5.32 Å². The lowest BCUT2D eigenvalue weighted by atomic mass is 9.99. The van der Waals surface area contributed by atoms with E-state index in [1.807, 2.05) is 36.4 Å². The number of anilines is 1. The Hall–Kier alpha value is -4.60. The lowest BCUT2D eigenvalue weighted by Gasteiger charge is -2.37. The third-order valence-electron chi connectivity index (χ3n) is 6.21. The van der Waals surface area contributed by atoms with Crippen molar-refractivity contribution < 1.29 is 29.0 Å². The minimum absolute atomic E-state index is 0.0840. The van der Waals surface area contributed by atoms with Crippen LogP contribution in [0.4, 0.5) is 10.5 Å². The number of hydrogen-bond donors (Lipinski definition) is 4. The Morgan fingerprint density at radius 1 is 0.951 bits per heavy atom. The third-order valence-corrected chi connectivity index (χ3v) is 6.21. The number of nitrogens with zero attached hydrogens (tertiary/aromatic N) is 1.